The van der Waals surface area contributed by atoms with Gasteiger partial charge < -0.3 is 31.1 Å². The molecule has 130 valence electrons. The van der Waals surface area contributed by atoms with Gasteiger partial charge in [0.1, 0.15) is 0 Å². The van der Waals surface area contributed by atoms with Crippen LogP contribution in [-0.2, 0) is 14.3 Å². The molecule has 1 aliphatic carbocycles. The summed E-state index contributed by atoms with van der Waals surface area (Å²) in [7, 11) is 1.57. The quantitative estimate of drug-likeness (QED) is 0.331. The van der Waals surface area contributed by atoms with Crippen molar-refractivity contribution in [2.24, 2.45) is 11.7 Å². The molecular formula is C16H22N4O4. The van der Waals surface area contributed by atoms with Crippen molar-refractivity contribution in [3.8, 4) is 0 Å². The number of Topliss-reactive ketones (excluding diaryl/α,β-unsaturated/α-hetero) is 2. The summed E-state index contributed by atoms with van der Waals surface area (Å²) in [6.45, 7) is 2.76. The first kappa shape index (κ1) is 15.8. The van der Waals surface area contributed by atoms with Gasteiger partial charge in [0.2, 0.25) is 11.6 Å². The number of fused-ring (bicyclic) bond motifs is 4. The number of methoxy groups -OCH3 is 1. The Morgan fingerprint density at radius 1 is 1.46 bits per heavy atom. The zero-order chi connectivity index (χ0) is 17.2. The Kier molecular flexibility index (Phi) is 3.37. The van der Waals surface area contributed by atoms with Crippen LogP contribution in [-0.4, -0.2) is 72.7 Å². The third kappa shape index (κ3) is 1.66. The molecule has 0 aromatic carbocycles. The van der Waals surface area contributed by atoms with E-state index in [0.29, 0.717) is 36.5 Å². The van der Waals surface area contributed by atoms with Crippen molar-refractivity contribution in [3.63, 3.8) is 0 Å². The molecule has 2 saturated heterocycles. The Balaban J connectivity index is 1.81. The van der Waals surface area contributed by atoms with Crippen LogP contribution in [0.4, 0.5) is 0 Å². The molecule has 0 aromatic heterocycles. The van der Waals surface area contributed by atoms with E-state index < -0.39 is 11.6 Å². The fraction of sp³-hybridized carbons (Fsp3) is 0.625. The number of allylic oxidation sites excluding steroid dienone is 2. The molecule has 4 unspecified atom stereocenters. The first-order chi connectivity index (χ1) is 11.5. The van der Waals surface area contributed by atoms with Crippen LogP contribution in [0.1, 0.15) is 6.92 Å². The number of ether oxygens (including phenoxy) is 1. The Morgan fingerprint density at radius 3 is 2.83 bits per heavy atom. The lowest BCUT2D eigenvalue weighted by Gasteiger charge is -2.39. The van der Waals surface area contributed by atoms with E-state index in [1.165, 1.54) is 0 Å². The minimum absolute atomic E-state index is 0.0200. The van der Waals surface area contributed by atoms with E-state index in [2.05, 4.69) is 10.6 Å². The van der Waals surface area contributed by atoms with E-state index in [-0.39, 0.29) is 36.0 Å². The molecular weight excluding hydrogens is 312 g/mol. The molecule has 3 heterocycles. The molecule has 0 amide bonds. The van der Waals surface area contributed by atoms with Gasteiger partial charge in [0.25, 0.3) is 0 Å². The van der Waals surface area contributed by atoms with Crippen molar-refractivity contribution in [3.05, 3.63) is 22.5 Å². The second kappa shape index (κ2) is 5.13. The maximum atomic E-state index is 13.1. The van der Waals surface area contributed by atoms with E-state index in [1.54, 1.807) is 14.0 Å². The Morgan fingerprint density at radius 2 is 2.21 bits per heavy atom. The predicted octanol–water partition coefficient (Wildman–Crippen LogP) is -2.16. The predicted molar refractivity (Wildman–Crippen MR) is 84.5 cm³/mol. The molecule has 5 N–H and O–H groups in total. The van der Waals surface area contributed by atoms with Gasteiger partial charge in [-0.25, -0.2) is 0 Å². The molecule has 0 spiro atoms. The normalized spacial score (nSPS) is 37.0. The zero-order valence-electron chi connectivity index (χ0n) is 13.8. The Hall–Kier alpha value is -1.74. The van der Waals surface area contributed by atoms with Gasteiger partial charge in [-0.05, 0) is 6.92 Å². The van der Waals surface area contributed by atoms with Gasteiger partial charge in [-0.15, -0.1) is 0 Å². The van der Waals surface area contributed by atoms with E-state index in [1.807, 2.05) is 4.90 Å². The largest absolute Gasteiger partial charge is 0.396 e. The topological polar surface area (TPSA) is 127 Å². The number of aliphatic hydroxyl groups excluding tert-OH is 1. The standard InChI is InChI=1S/C16H22N4O4/c1-7-11(18-4-3-17)14(23)10-8(6-21)16(24-2)15-9(19-15)5-20(16)12(10)13(7)22/h8-9,15,18-19,21H,3-6,17H2,1-2H3. The highest BCUT2D eigenvalue weighted by molar-refractivity contribution is 6.25. The van der Waals surface area contributed by atoms with Crippen LogP contribution in [0, 0.1) is 5.92 Å². The first-order valence-corrected chi connectivity index (χ1v) is 8.21. The number of carbonyl (C=O) groups excluding carboxylic acids is 2. The Labute approximate surface area is 139 Å². The smallest absolute Gasteiger partial charge is 0.208 e. The second-order valence-electron chi connectivity index (χ2n) is 6.69. The number of aliphatic hydroxyl groups is 1. The summed E-state index contributed by atoms with van der Waals surface area (Å²) in [5.41, 5.74) is 6.08. The van der Waals surface area contributed by atoms with Crippen molar-refractivity contribution in [2.45, 2.75) is 24.7 Å². The van der Waals surface area contributed by atoms with Crippen LogP contribution in [0.5, 0.6) is 0 Å². The Bertz CT molecular complexity index is 700. The van der Waals surface area contributed by atoms with Crippen LogP contribution in [0.25, 0.3) is 0 Å². The summed E-state index contributed by atoms with van der Waals surface area (Å²) in [6, 6.07) is 0.253. The zero-order valence-corrected chi connectivity index (χ0v) is 13.8. The maximum Gasteiger partial charge on any atom is 0.208 e. The summed E-state index contributed by atoms with van der Waals surface area (Å²) >= 11 is 0. The van der Waals surface area contributed by atoms with Gasteiger partial charge in [0.15, 0.2) is 5.72 Å². The average Bonchev–Trinajstić information content (AvgIpc) is 3.19. The monoisotopic (exact) mass is 334 g/mol. The van der Waals surface area contributed by atoms with E-state index in [0.717, 1.165) is 0 Å². The second-order valence-corrected chi connectivity index (χ2v) is 6.69. The molecule has 4 rings (SSSR count). The van der Waals surface area contributed by atoms with Crippen molar-refractivity contribution in [1.29, 1.82) is 0 Å². The van der Waals surface area contributed by atoms with Crippen LogP contribution in [0.2, 0.25) is 0 Å². The van der Waals surface area contributed by atoms with Crippen molar-refractivity contribution < 1.29 is 19.4 Å². The fourth-order valence-corrected chi connectivity index (χ4v) is 4.55. The van der Waals surface area contributed by atoms with Crippen LogP contribution in [0.15, 0.2) is 22.5 Å². The van der Waals surface area contributed by atoms with Gasteiger partial charge in [-0.1, -0.05) is 0 Å². The number of ketones is 2. The molecule has 3 aliphatic heterocycles. The van der Waals surface area contributed by atoms with E-state index >= 15 is 0 Å². The van der Waals surface area contributed by atoms with Gasteiger partial charge in [-0.3, -0.25) is 9.59 Å². The van der Waals surface area contributed by atoms with Gasteiger partial charge in [-0.2, -0.15) is 0 Å². The highest BCUT2D eigenvalue weighted by Crippen LogP contribution is 2.55. The van der Waals surface area contributed by atoms with E-state index in [9.17, 15) is 14.7 Å². The maximum absolute atomic E-state index is 13.1. The SMILES string of the molecule is COC12C(CO)C3=C(C(=O)C(C)=C(NCCN)C3=O)N1CC1NC12. The first-order valence-electron chi connectivity index (χ1n) is 8.21. The molecule has 8 heteroatoms. The van der Waals surface area contributed by atoms with Crippen molar-refractivity contribution >= 4 is 11.6 Å². The number of hydrogen-bond donors (Lipinski definition) is 4. The molecule has 24 heavy (non-hydrogen) atoms. The highest BCUT2D eigenvalue weighted by Gasteiger charge is 2.72. The average molecular weight is 334 g/mol. The fourth-order valence-electron chi connectivity index (χ4n) is 4.55. The number of rotatable bonds is 5. The molecule has 0 saturated carbocycles. The summed E-state index contributed by atoms with van der Waals surface area (Å²) in [5.74, 6) is -0.970. The molecule has 4 atom stereocenters. The van der Waals surface area contributed by atoms with Crippen LogP contribution in [0.3, 0.4) is 0 Å². The summed E-state index contributed by atoms with van der Waals surface area (Å²) in [5, 5.41) is 16.3. The van der Waals surface area contributed by atoms with Crippen molar-refractivity contribution in [2.75, 3.05) is 33.4 Å². The third-order valence-corrected chi connectivity index (χ3v) is 5.66. The minimum Gasteiger partial charge on any atom is -0.396 e. The lowest BCUT2D eigenvalue weighted by atomic mass is 9.82. The molecule has 2 fully saturated rings. The number of nitrogens with two attached hydrogens (primary N) is 1. The molecule has 0 bridgehead atoms. The molecule has 0 aromatic rings. The summed E-state index contributed by atoms with van der Waals surface area (Å²) < 4.78 is 5.82. The van der Waals surface area contributed by atoms with Crippen LogP contribution < -0.4 is 16.4 Å². The van der Waals surface area contributed by atoms with Crippen LogP contribution >= 0.6 is 0 Å². The highest BCUT2D eigenvalue weighted by atomic mass is 16.5. The van der Waals surface area contributed by atoms with E-state index in [4.69, 9.17) is 10.5 Å². The number of piperazine rings is 1. The number of carbonyl (C=O) groups is 2. The number of nitrogens with zero attached hydrogens (tertiary/aromatic N) is 1. The third-order valence-electron chi connectivity index (χ3n) is 5.66. The lowest BCUT2D eigenvalue weighted by Crippen LogP contribution is -2.54. The molecule has 8 nitrogen and oxygen atoms in total. The summed E-state index contributed by atoms with van der Waals surface area (Å²) in [4.78, 5) is 27.9. The summed E-state index contributed by atoms with van der Waals surface area (Å²) in [6.07, 6.45) is 0. The van der Waals surface area contributed by atoms with Gasteiger partial charge in [0, 0.05) is 43.9 Å². The van der Waals surface area contributed by atoms with Gasteiger partial charge in [0.05, 0.1) is 30.0 Å². The van der Waals surface area contributed by atoms with Gasteiger partial charge >= 0.3 is 0 Å². The molecule has 4 aliphatic rings. The number of hydrogen-bond acceptors (Lipinski definition) is 8. The van der Waals surface area contributed by atoms with Crippen molar-refractivity contribution in [1.82, 2.24) is 15.5 Å². The molecule has 0 radical (unpaired) electrons. The lowest BCUT2D eigenvalue weighted by molar-refractivity contribution is -0.137. The minimum atomic E-state index is -0.862. The number of nitrogens with one attached hydrogen (secondary N) is 2.